The highest BCUT2D eigenvalue weighted by Gasteiger charge is 2.18. The maximum absolute atomic E-state index is 5.79. The number of hydrogen-bond donors (Lipinski definition) is 1. The molecule has 3 heteroatoms. The van der Waals surface area contributed by atoms with Crippen molar-refractivity contribution in [2.75, 3.05) is 31.6 Å². The van der Waals surface area contributed by atoms with Crippen LogP contribution in [0.3, 0.4) is 0 Å². The summed E-state index contributed by atoms with van der Waals surface area (Å²) in [5, 5.41) is 6.34. The summed E-state index contributed by atoms with van der Waals surface area (Å²) in [5.41, 5.74) is 1.24. The zero-order chi connectivity index (χ0) is 18.3. The molecule has 3 aromatic carbocycles. The lowest BCUT2D eigenvalue weighted by Crippen LogP contribution is -2.39. The van der Waals surface area contributed by atoms with Gasteiger partial charge in [-0.05, 0) is 54.3 Å². The Bertz CT molecular complexity index is 841. The third-order valence-electron chi connectivity index (χ3n) is 5.34. The molecular weight excluding hydrogens is 332 g/mol. The van der Waals surface area contributed by atoms with E-state index >= 15 is 0 Å². The number of likely N-dealkylation sites (tertiary alicyclic amines) is 1. The zero-order valence-corrected chi connectivity index (χ0v) is 15.8. The molecule has 0 atom stereocenters. The lowest BCUT2D eigenvalue weighted by atomic mass is 10.0. The number of nitrogens with zero attached hydrogens (tertiary/aromatic N) is 1. The number of piperidine rings is 1. The van der Waals surface area contributed by atoms with E-state index in [0.29, 0.717) is 6.04 Å². The zero-order valence-electron chi connectivity index (χ0n) is 15.8. The van der Waals surface area contributed by atoms with E-state index in [-0.39, 0.29) is 0 Å². The first-order valence-electron chi connectivity index (χ1n) is 10.0. The molecule has 1 aliphatic rings. The molecule has 1 saturated heterocycles. The van der Waals surface area contributed by atoms with Gasteiger partial charge in [0, 0.05) is 31.4 Å². The van der Waals surface area contributed by atoms with Crippen LogP contribution >= 0.6 is 0 Å². The Morgan fingerprint density at radius 2 is 1.59 bits per heavy atom. The average molecular weight is 361 g/mol. The van der Waals surface area contributed by atoms with Crippen LogP contribution in [0.1, 0.15) is 19.3 Å². The van der Waals surface area contributed by atoms with Crippen molar-refractivity contribution in [1.29, 1.82) is 0 Å². The van der Waals surface area contributed by atoms with Crippen molar-refractivity contribution >= 4 is 16.5 Å². The van der Waals surface area contributed by atoms with Crippen molar-refractivity contribution in [2.24, 2.45) is 0 Å². The van der Waals surface area contributed by atoms with Gasteiger partial charge in [-0.25, -0.2) is 0 Å². The van der Waals surface area contributed by atoms with Crippen LogP contribution in [0.15, 0.2) is 72.8 Å². The van der Waals surface area contributed by atoms with Gasteiger partial charge in [0.25, 0.3) is 0 Å². The summed E-state index contributed by atoms with van der Waals surface area (Å²) in [6, 6.07) is 25.9. The van der Waals surface area contributed by atoms with E-state index in [1.165, 1.54) is 29.3 Å². The lowest BCUT2D eigenvalue weighted by Gasteiger charge is -2.32. The van der Waals surface area contributed by atoms with Crippen LogP contribution in [0, 0.1) is 0 Å². The second-order valence-electron chi connectivity index (χ2n) is 7.34. The van der Waals surface area contributed by atoms with Crippen LogP contribution < -0.4 is 10.1 Å². The van der Waals surface area contributed by atoms with Crippen molar-refractivity contribution in [1.82, 2.24) is 4.90 Å². The van der Waals surface area contributed by atoms with Gasteiger partial charge in [-0.15, -0.1) is 0 Å². The van der Waals surface area contributed by atoms with Gasteiger partial charge in [0.1, 0.15) is 5.75 Å². The van der Waals surface area contributed by atoms with Gasteiger partial charge >= 0.3 is 0 Å². The van der Waals surface area contributed by atoms with Gasteiger partial charge in [-0.2, -0.15) is 0 Å². The van der Waals surface area contributed by atoms with Crippen molar-refractivity contribution in [3.8, 4) is 5.75 Å². The number of para-hydroxylation sites is 1. The van der Waals surface area contributed by atoms with E-state index in [0.717, 1.165) is 38.4 Å². The molecule has 0 radical (unpaired) electrons. The molecule has 0 bridgehead atoms. The van der Waals surface area contributed by atoms with Gasteiger partial charge in [0.2, 0.25) is 0 Å². The lowest BCUT2D eigenvalue weighted by molar-refractivity contribution is 0.198. The second kappa shape index (κ2) is 8.92. The quantitative estimate of drug-likeness (QED) is 0.587. The van der Waals surface area contributed by atoms with Crippen molar-refractivity contribution in [3.63, 3.8) is 0 Å². The first-order chi connectivity index (χ1) is 13.4. The van der Waals surface area contributed by atoms with E-state index in [1.807, 2.05) is 30.3 Å². The molecule has 0 aliphatic carbocycles. The molecule has 4 rings (SSSR count). The van der Waals surface area contributed by atoms with Crippen LogP contribution in [-0.2, 0) is 0 Å². The molecular formula is C24H28N2O. The Balaban J connectivity index is 1.18. The van der Waals surface area contributed by atoms with Gasteiger partial charge in [-0.3, -0.25) is 0 Å². The van der Waals surface area contributed by atoms with Gasteiger partial charge in [0.15, 0.2) is 0 Å². The molecule has 1 fully saturated rings. The van der Waals surface area contributed by atoms with Crippen LogP contribution in [0.25, 0.3) is 10.8 Å². The third kappa shape index (κ3) is 5.01. The topological polar surface area (TPSA) is 24.5 Å². The summed E-state index contributed by atoms with van der Waals surface area (Å²) in [6.07, 6.45) is 3.48. The second-order valence-corrected chi connectivity index (χ2v) is 7.34. The van der Waals surface area contributed by atoms with E-state index < -0.39 is 0 Å². The molecule has 0 spiro atoms. The summed E-state index contributed by atoms with van der Waals surface area (Å²) in [7, 11) is 0. The largest absolute Gasteiger partial charge is 0.494 e. The van der Waals surface area contributed by atoms with Gasteiger partial charge in [-0.1, -0.05) is 48.5 Å². The minimum absolute atomic E-state index is 0.572. The Kier molecular flexibility index (Phi) is 5.90. The van der Waals surface area contributed by atoms with Gasteiger partial charge < -0.3 is 15.0 Å². The highest BCUT2D eigenvalue weighted by Crippen LogP contribution is 2.22. The molecule has 0 amide bonds. The van der Waals surface area contributed by atoms with E-state index in [1.54, 1.807) is 0 Å². The van der Waals surface area contributed by atoms with Crippen LogP contribution in [0.2, 0.25) is 0 Å². The Morgan fingerprint density at radius 3 is 2.41 bits per heavy atom. The SMILES string of the molecule is c1ccc(OCCCN2CCC(Nc3ccc4ccccc4c3)CC2)cc1. The summed E-state index contributed by atoms with van der Waals surface area (Å²) in [6.45, 7) is 4.24. The number of hydrogen-bond acceptors (Lipinski definition) is 3. The Morgan fingerprint density at radius 1 is 0.852 bits per heavy atom. The predicted octanol–water partition coefficient (Wildman–Crippen LogP) is 5.19. The van der Waals surface area contributed by atoms with E-state index in [2.05, 4.69) is 52.7 Å². The van der Waals surface area contributed by atoms with Crippen molar-refractivity contribution < 1.29 is 4.74 Å². The normalized spacial score (nSPS) is 15.7. The number of nitrogens with one attached hydrogen (secondary N) is 1. The van der Waals surface area contributed by atoms with E-state index in [9.17, 15) is 0 Å². The number of ether oxygens (including phenoxy) is 1. The molecule has 27 heavy (non-hydrogen) atoms. The maximum Gasteiger partial charge on any atom is 0.119 e. The maximum atomic E-state index is 5.79. The standard InChI is InChI=1S/C24H28N2O/c1-2-9-24(10-3-1)27-18-6-15-26-16-13-22(14-17-26)25-23-12-11-20-7-4-5-8-21(20)19-23/h1-5,7-12,19,22,25H,6,13-18H2. The van der Waals surface area contributed by atoms with Crippen LogP contribution in [0.4, 0.5) is 5.69 Å². The molecule has 0 aromatic heterocycles. The van der Waals surface area contributed by atoms with Crippen LogP contribution in [0.5, 0.6) is 5.75 Å². The Labute approximate surface area is 162 Å². The summed E-state index contributed by atoms with van der Waals surface area (Å²) in [5.74, 6) is 0.968. The molecule has 0 saturated carbocycles. The monoisotopic (exact) mass is 360 g/mol. The third-order valence-corrected chi connectivity index (χ3v) is 5.34. The molecule has 3 nitrogen and oxygen atoms in total. The molecule has 1 N–H and O–H groups in total. The minimum atomic E-state index is 0.572. The highest BCUT2D eigenvalue weighted by atomic mass is 16.5. The minimum Gasteiger partial charge on any atom is -0.494 e. The summed E-state index contributed by atoms with van der Waals surface area (Å²) in [4.78, 5) is 2.56. The number of fused-ring (bicyclic) bond motifs is 1. The van der Waals surface area contributed by atoms with Crippen molar-refractivity contribution in [3.05, 3.63) is 72.8 Å². The fourth-order valence-electron chi connectivity index (χ4n) is 3.81. The first-order valence-corrected chi connectivity index (χ1v) is 10.0. The predicted molar refractivity (Wildman–Crippen MR) is 114 cm³/mol. The number of benzene rings is 3. The molecule has 3 aromatic rings. The van der Waals surface area contributed by atoms with E-state index in [4.69, 9.17) is 4.74 Å². The molecule has 0 unspecified atom stereocenters. The fraction of sp³-hybridized carbons (Fsp3) is 0.333. The number of anilines is 1. The summed E-state index contributed by atoms with van der Waals surface area (Å²) >= 11 is 0. The molecule has 1 heterocycles. The number of rotatable bonds is 7. The van der Waals surface area contributed by atoms with Crippen LogP contribution in [-0.4, -0.2) is 37.2 Å². The van der Waals surface area contributed by atoms with Gasteiger partial charge in [0.05, 0.1) is 6.61 Å². The summed E-state index contributed by atoms with van der Waals surface area (Å²) < 4.78 is 5.79. The highest BCUT2D eigenvalue weighted by molar-refractivity contribution is 5.85. The average Bonchev–Trinajstić information content (AvgIpc) is 2.73. The smallest absolute Gasteiger partial charge is 0.119 e. The van der Waals surface area contributed by atoms with Crippen molar-refractivity contribution in [2.45, 2.75) is 25.3 Å². The Hall–Kier alpha value is -2.52. The fourth-order valence-corrected chi connectivity index (χ4v) is 3.81. The molecule has 140 valence electrons. The molecule has 1 aliphatic heterocycles. The first kappa shape index (κ1) is 17.9.